The molecule has 1 nitrogen and oxygen atoms in total. The van der Waals surface area contributed by atoms with E-state index in [4.69, 9.17) is 28.9 Å². The van der Waals surface area contributed by atoms with Crippen LogP contribution < -0.4 is 5.73 Å². The van der Waals surface area contributed by atoms with E-state index in [0.717, 1.165) is 12.0 Å². The van der Waals surface area contributed by atoms with Crippen LogP contribution in [-0.2, 0) is 6.42 Å². The van der Waals surface area contributed by atoms with E-state index < -0.39 is 0 Å². The lowest BCUT2D eigenvalue weighted by molar-refractivity contribution is 0.690. The van der Waals surface area contributed by atoms with Crippen LogP contribution in [-0.4, -0.2) is 6.54 Å². The first-order chi connectivity index (χ1) is 9.11. The van der Waals surface area contributed by atoms with Crippen molar-refractivity contribution in [2.24, 2.45) is 5.73 Å². The zero-order chi connectivity index (χ0) is 13.8. The van der Waals surface area contributed by atoms with Crippen LogP contribution in [0.4, 0.5) is 0 Å². The third-order valence-electron chi connectivity index (χ3n) is 3.38. The zero-order valence-electron chi connectivity index (χ0n) is 10.9. The molecule has 2 aromatic carbocycles. The predicted octanol–water partition coefficient (Wildman–Crippen LogP) is 4.59. The molecule has 2 rings (SSSR count). The van der Waals surface area contributed by atoms with Crippen molar-refractivity contribution in [2.45, 2.75) is 19.3 Å². The summed E-state index contributed by atoms with van der Waals surface area (Å²) in [5, 5.41) is 1.19. The largest absolute Gasteiger partial charge is 0.330 e. The van der Waals surface area contributed by atoms with E-state index in [1.54, 1.807) is 0 Å². The van der Waals surface area contributed by atoms with Crippen molar-refractivity contribution in [1.29, 1.82) is 0 Å². The van der Waals surface area contributed by atoms with Crippen molar-refractivity contribution in [1.82, 2.24) is 0 Å². The number of hydrogen-bond acceptors (Lipinski definition) is 1. The van der Waals surface area contributed by atoms with Gasteiger partial charge in [-0.25, -0.2) is 0 Å². The zero-order valence-corrected chi connectivity index (χ0v) is 12.4. The molecule has 0 aliphatic rings. The predicted molar refractivity (Wildman–Crippen MR) is 83.1 cm³/mol. The van der Waals surface area contributed by atoms with Gasteiger partial charge in [0, 0.05) is 5.92 Å². The Kier molecular flexibility index (Phi) is 4.87. The van der Waals surface area contributed by atoms with Crippen LogP contribution in [0.3, 0.4) is 0 Å². The molecule has 3 heteroatoms. The number of hydrogen-bond donors (Lipinski definition) is 1. The Balaban J connectivity index is 2.24. The second-order valence-electron chi connectivity index (χ2n) is 4.74. The molecule has 0 aliphatic carbocycles. The summed E-state index contributed by atoms with van der Waals surface area (Å²) in [6, 6.07) is 14.1. The van der Waals surface area contributed by atoms with Gasteiger partial charge in [-0.1, -0.05) is 53.5 Å². The first kappa shape index (κ1) is 14.4. The third kappa shape index (κ3) is 3.50. The summed E-state index contributed by atoms with van der Waals surface area (Å²) in [7, 11) is 0. The fourth-order valence-corrected chi connectivity index (χ4v) is 2.64. The summed E-state index contributed by atoms with van der Waals surface area (Å²) >= 11 is 12.0. The summed E-state index contributed by atoms with van der Waals surface area (Å²) in [5.74, 6) is 0.304. The molecule has 0 spiro atoms. The summed E-state index contributed by atoms with van der Waals surface area (Å²) in [4.78, 5) is 0. The number of rotatable bonds is 4. The van der Waals surface area contributed by atoms with E-state index in [-0.39, 0.29) is 0 Å². The van der Waals surface area contributed by atoms with Crippen LogP contribution in [0.1, 0.15) is 22.6 Å². The monoisotopic (exact) mass is 293 g/mol. The van der Waals surface area contributed by atoms with Crippen LogP contribution in [0.2, 0.25) is 10.0 Å². The third-order valence-corrected chi connectivity index (χ3v) is 4.12. The molecule has 1 atom stereocenters. The lowest BCUT2D eigenvalue weighted by Gasteiger charge is -2.18. The Morgan fingerprint density at radius 2 is 1.79 bits per heavy atom. The highest BCUT2D eigenvalue weighted by atomic mass is 35.5. The molecule has 0 aliphatic heterocycles. The van der Waals surface area contributed by atoms with Gasteiger partial charge in [0.25, 0.3) is 0 Å². The van der Waals surface area contributed by atoms with Gasteiger partial charge in [-0.05, 0) is 48.7 Å². The number of nitrogens with two attached hydrogens (primary N) is 1. The molecule has 0 saturated heterocycles. The van der Waals surface area contributed by atoms with Crippen molar-refractivity contribution in [3.63, 3.8) is 0 Å². The van der Waals surface area contributed by atoms with Crippen LogP contribution in [0.5, 0.6) is 0 Å². The van der Waals surface area contributed by atoms with E-state index in [1.807, 2.05) is 24.3 Å². The lowest BCUT2D eigenvalue weighted by Crippen LogP contribution is -2.16. The van der Waals surface area contributed by atoms with Crippen LogP contribution in [0, 0.1) is 6.92 Å². The minimum absolute atomic E-state index is 0.304. The van der Waals surface area contributed by atoms with E-state index >= 15 is 0 Å². The SMILES string of the molecule is Cc1ccccc1C(CN)Cc1ccc(Cl)c(Cl)c1. The van der Waals surface area contributed by atoms with Gasteiger partial charge >= 0.3 is 0 Å². The van der Waals surface area contributed by atoms with E-state index in [2.05, 4.69) is 25.1 Å². The highest BCUT2D eigenvalue weighted by Gasteiger charge is 2.13. The maximum absolute atomic E-state index is 6.05. The number of benzene rings is 2. The Bertz CT molecular complexity index is 566. The van der Waals surface area contributed by atoms with Crippen molar-refractivity contribution >= 4 is 23.2 Å². The number of halogens is 2. The average molecular weight is 294 g/mol. The molecule has 0 heterocycles. The first-order valence-corrected chi connectivity index (χ1v) is 7.07. The second kappa shape index (κ2) is 6.42. The quantitative estimate of drug-likeness (QED) is 0.877. The van der Waals surface area contributed by atoms with Crippen molar-refractivity contribution in [3.05, 3.63) is 69.2 Å². The minimum atomic E-state index is 0.304. The van der Waals surface area contributed by atoms with E-state index in [0.29, 0.717) is 22.5 Å². The molecule has 0 fully saturated rings. The topological polar surface area (TPSA) is 26.0 Å². The van der Waals surface area contributed by atoms with Crippen LogP contribution in [0.25, 0.3) is 0 Å². The first-order valence-electron chi connectivity index (χ1n) is 6.31. The van der Waals surface area contributed by atoms with E-state index in [9.17, 15) is 0 Å². The van der Waals surface area contributed by atoms with Crippen molar-refractivity contribution in [3.8, 4) is 0 Å². The Morgan fingerprint density at radius 3 is 2.42 bits per heavy atom. The van der Waals surface area contributed by atoms with Gasteiger partial charge in [0.2, 0.25) is 0 Å². The summed E-state index contributed by atoms with van der Waals surface area (Å²) in [5.41, 5.74) is 9.67. The molecule has 2 N–H and O–H groups in total. The smallest absolute Gasteiger partial charge is 0.0595 e. The van der Waals surface area contributed by atoms with Crippen molar-refractivity contribution in [2.75, 3.05) is 6.54 Å². The fourth-order valence-electron chi connectivity index (χ4n) is 2.32. The van der Waals surface area contributed by atoms with E-state index in [1.165, 1.54) is 11.1 Å². The Hall–Kier alpha value is -1.02. The summed E-state index contributed by atoms with van der Waals surface area (Å²) < 4.78 is 0. The Labute approximate surface area is 124 Å². The molecule has 2 aromatic rings. The molecular formula is C16H17Cl2N. The van der Waals surface area contributed by atoms with Crippen LogP contribution >= 0.6 is 23.2 Å². The molecule has 100 valence electrons. The Morgan fingerprint density at radius 1 is 1.05 bits per heavy atom. The molecule has 0 aromatic heterocycles. The molecule has 0 amide bonds. The minimum Gasteiger partial charge on any atom is -0.330 e. The van der Waals surface area contributed by atoms with Gasteiger partial charge in [0.05, 0.1) is 10.0 Å². The van der Waals surface area contributed by atoms with Gasteiger partial charge in [0.1, 0.15) is 0 Å². The fraction of sp³-hybridized carbons (Fsp3) is 0.250. The van der Waals surface area contributed by atoms with Crippen LogP contribution in [0.15, 0.2) is 42.5 Å². The van der Waals surface area contributed by atoms with Gasteiger partial charge < -0.3 is 5.73 Å². The van der Waals surface area contributed by atoms with Gasteiger partial charge in [-0.2, -0.15) is 0 Å². The summed E-state index contributed by atoms with van der Waals surface area (Å²) in [6.07, 6.45) is 0.873. The number of aryl methyl sites for hydroxylation is 1. The molecule has 0 bridgehead atoms. The highest BCUT2D eigenvalue weighted by molar-refractivity contribution is 6.42. The molecule has 0 saturated carbocycles. The standard InChI is InChI=1S/C16H17Cl2N/c1-11-4-2-3-5-14(11)13(10-19)8-12-6-7-15(17)16(18)9-12/h2-7,9,13H,8,10,19H2,1H3. The molecule has 19 heavy (non-hydrogen) atoms. The summed E-state index contributed by atoms with van der Waals surface area (Å²) in [6.45, 7) is 2.73. The second-order valence-corrected chi connectivity index (χ2v) is 5.56. The maximum Gasteiger partial charge on any atom is 0.0595 e. The highest BCUT2D eigenvalue weighted by Crippen LogP contribution is 2.27. The average Bonchev–Trinajstić information content (AvgIpc) is 2.41. The van der Waals surface area contributed by atoms with Crippen molar-refractivity contribution < 1.29 is 0 Å². The lowest BCUT2D eigenvalue weighted by atomic mass is 9.89. The van der Waals surface area contributed by atoms with Gasteiger partial charge in [-0.3, -0.25) is 0 Å². The molecule has 0 radical (unpaired) electrons. The normalized spacial score (nSPS) is 12.4. The maximum atomic E-state index is 6.05. The molecule has 1 unspecified atom stereocenters. The van der Waals surface area contributed by atoms with Gasteiger partial charge in [-0.15, -0.1) is 0 Å². The van der Waals surface area contributed by atoms with Gasteiger partial charge in [0.15, 0.2) is 0 Å². The molecular weight excluding hydrogens is 277 g/mol.